The standard InChI is InChI=1S/C21H29ClN6O/c1-20(2)7-14-8-21(3,10-20)11-28(14)18(29)13-5-4-6-27(9-13)17-15-16(24-12-23-15)25-19(22)26-17/h12-14H,4-11H2,1-3H3,(H,23,24,25,26)/t13-,14-,21-/m1/s1. The first-order valence-electron chi connectivity index (χ1n) is 10.7. The Morgan fingerprint density at radius 3 is 2.93 bits per heavy atom. The summed E-state index contributed by atoms with van der Waals surface area (Å²) in [5.74, 6) is 1.08. The molecule has 1 amide bonds. The van der Waals surface area contributed by atoms with Gasteiger partial charge in [0, 0.05) is 25.7 Å². The number of aromatic nitrogens is 4. The van der Waals surface area contributed by atoms with Crippen LogP contribution in [0.2, 0.25) is 5.28 Å². The number of likely N-dealkylation sites (tertiary alicyclic amines) is 1. The van der Waals surface area contributed by atoms with E-state index in [2.05, 4.69) is 50.5 Å². The molecule has 2 aliphatic heterocycles. The Morgan fingerprint density at radius 2 is 2.10 bits per heavy atom. The fourth-order valence-electron chi connectivity index (χ4n) is 6.34. The number of amides is 1. The molecule has 2 saturated heterocycles. The zero-order chi connectivity index (χ0) is 20.4. The number of hydrogen-bond donors (Lipinski definition) is 1. The minimum absolute atomic E-state index is 0.00141. The van der Waals surface area contributed by atoms with Crippen molar-refractivity contribution in [2.75, 3.05) is 24.5 Å². The molecule has 3 fully saturated rings. The fourth-order valence-corrected chi connectivity index (χ4v) is 6.50. The molecule has 0 radical (unpaired) electrons. The number of anilines is 1. The van der Waals surface area contributed by atoms with Gasteiger partial charge in [0.05, 0.1) is 12.2 Å². The van der Waals surface area contributed by atoms with Gasteiger partial charge in [-0.25, -0.2) is 4.98 Å². The summed E-state index contributed by atoms with van der Waals surface area (Å²) in [6, 6.07) is 0.388. The zero-order valence-corrected chi connectivity index (χ0v) is 18.2. The first-order chi connectivity index (χ1) is 13.7. The molecule has 156 valence electrons. The average molecular weight is 417 g/mol. The van der Waals surface area contributed by atoms with Gasteiger partial charge in [-0.05, 0) is 54.5 Å². The summed E-state index contributed by atoms with van der Waals surface area (Å²) in [6.45, 7) is 9.49. The number of carbonyl (C=O) groups excluding carboxylic acids is 1. The van der Waals surface area contributed by atoms with Crippen LogP contribution in [0, 0.1) is 16.7 Å². The van der Waals surface area contributed by atoms with Crippen molar-refractivity contribution in [3.05, 3.63) is 11.6 Å². The van der Waals surface area contributed by atoms with E-state index in [1.54, 1.807) is 6.33 Å². The minimum Gasteiger partial charge on any atom is -0.354 e. The number of hydrogen-bond acceptors (Lipinski definition) is 5. The van der Waals surface area contributed by atoms with E-state index in [-0.39, 0.29) is 16.6 Å². The van der Waals surface area contributed by atoms with Crippen LogP contribution in [0.25, 0.3) is 11.2 Å². The Balaban J connectivity index is 1.37. The quantitative estimate of drug-likeness (QED) is 0.756. The lowest BCUT2D eigenvalue weighted by Crippen LogP contribution is -2.47. The van der Waals surface area contributed by atoms with Crippen LogP contribution in [0.15, 0.2) is 6.33 Å². The van der Waals surface area contributed by atoms with E-state index in [4.69, 9.17) is 11.6 Å². The molecule has 29 heavy (non-hydrogen) atoms. The lowest BCUT2D eigenvalue weighted by molar-refractivity contribution is -0.137. The van der Waals surface area contributed by atoms with Crippen molar-refractivity contribution >= 4 is 34.5 Å². The van der Waals surface area contributed by atoms with Gasteiger partial charge in [-0.2, -0.15) is 9.97 Å². The highest BCUT2D eigenvalue weighted by molar-refractivity contribution is 6.28. The summed E-state index contributed by atoms with van der Waals surface area (Å²) in [6.07, 6.45) is 6.97. The third-order valence-electron chi connectivity index (χ3n) is 7.01. The zero-order valence-electron chi connectivity index (χ0n) is 17.4. The van der Waals surface area contributed by atoms with Gasteiger partial charge >= 0.3 is 0 Å². The van der Waals surface area contributed by atoms with Crippen LogP contribution in [0.5, 0.6) is 0 Å². The molecule has 5 rings (SSSR count). The molecule has 3 aliphatic rings. The van der Waals surface area contributed by atoms with Crippen molar-refractivity contribution in [2.45, 2.75) is 58.9 Å². The SMILES string of the molecule is CC1(C)C[C@@H]2C[C@@](C)(CN2C(=O)[C@@H]2CCCN(c3nc(Cl)nc4nc[nH]c34)C2)C1. The van der Waals surface area contributed by atoms with E-state index in [1.807, 2.05) is 0 Å². The molecule has 1 N–H and O–H groups in total. The molecule has 2 bridgehead atoms. The third kappa shape index (κ3) is 3.37. The Morgan fingerprint density at radius 1 is 1.28 bits per heavy atom. The van der Waals surface area contributed by atoms with Crippen LogP contribution in [-0.2, 0) is 4.79 Å². The highest BCUT2D eigenvalue weighted by atomic mass is 35.5. The van der Waals surface area contributed by atoms with Crippen molar-refractivity contribution in [3.63, 3.8) is 0 Å². The molecule has 0 spiro atoms. The fraction of sp³-hybridized carbons (Fsp3) is 0.714. The van der Waals surface area contributed by atoms with E-state index in [9.17, 15) is 4.79 Å². The normalized spacial score (nSPS) is 31.4. The minimum atomic E-state index is 0.00141. The van der Waals surface area contributed by atoms with E-state index in [1.165, 1.54) is 6.42 Å². The Labute approximate surface area is 176 Å². The second-order valence-electron chi connectivity index (χ2n) is 10.4. The largest absolute Gasteiger partial charge is 0.354 e. The van der Waals surface area contributed by atoms with Gasteiger partial charge in [0.2, 0.25) is 11.2 Å². The molecule has 2 aromatic rings. The number of carbonyl (C=O) groups is 1. The number of H-pyrrole nitrogens is 1. The molecule has 3 atom stereocenters. The molecule has 1 aliphatic carbocycles. The summed E-state index contributed by atoms with van der Waals surface area (Å²) >= 11 is 6.13. The number of piperidine rings is 1. The van der Waals surface area contributed by atoms with Crippen molar-refractivity contribution in [3.8, 4) is 0 Å². The number of nitrogens with zero attached hydrogens (tertiary/aromatic N) is 5. The number of fused-ring (bicyclic) bond motifs is 3. The van der Waals surface area contributed by atoms with Gasteiger partial charge in [-0.3, -0.25) is 4.79 Å². The summed E-state index contributed by atoms with van der Waals surface area (Å²) in [4.78, 5) is 33.9. The van der Waals surface area contributed by atoms with Gasteiger partial charge in [0.1, 0.15) is 5.52 Å². The molecule has 7 nitrogen and oxygen atoms in total. The van der Waals surface area contributed by atoms with Crippen LogP contribution >= 0.6 is 11.6 Å². The predicted octanol–water partition coefficient (Wildman–Crippen LogP) is 3.65. The van der Waals surface area contributed by atoms with Crippen LogP contribution in [-0.4, -0.2) is 56.4 Å². The van der Waals surface area contributed by atoms with Crippen LogP contribution in [0.3, 0.4) is 0 Å². The summed E-state index contributed by atoms with van der Waals surface area (Å²) < 4.78 is 0. The lowest BCUT2D eigenvalue weighted by atomic mass is 9.65. The second-order valence-corrected chi connectivity index (χ2v) is 10.7. The molecule has 4 heterocycles. The van der Waals surface area contributed by atoms with Gasteiger partial charge in [0.25, 0.3) is 0 Å². The molecule has 1 saturated carbocycles. The Kier molecular flexibility index (Phi) is 4.32. The monoisotopic (exact) mass is 416 g/mol. The first kappa shape index (κ1) is 19.1. The van der Waals surface area contributed by atoms with E-state index in [0.29, 0.717) is 29.6 Å². The molecule has 0 aromatic carbocycles. The average Bonchev–Trinajstić information content (AvgIpc) is 3.21. The lowest BCUT2D eigenvalue weighted by Gasteiger charge is -2.40. The van der Waals surface area contributed by atoms with E-state index >= 15 is 0 Å². The first-order valence-corrected chi connectivity index (χ1v) is 11.0. The second kappa shape index (κ2) is 6.56. The van der Waals surface area contributed by atoms with Crippen LogP contribution in [0.1, 0.15) is 52.9 Å². The number of nitrogens with one attached hydrogen (secondary N) is 1. The number of halogens is 1. The van der Waals surface area contributed by atoms with Crippen molar-refractivity contribution in [2.24, 2.45) is 16.7 Å². The summed E-state index contributed by atoms with van der Waals surface area (Å²) in [5, 5.41) is 0.191. The van der Waals surface area contributed by atoms with Gasteiger partial charge in [0.15, 0.2) is 11.5 Å². The molecular formula is C21H29ClN6O. The van der Waals surface area contributed by atoms with E-state index < -0.39 is 0 Å². The Bertz CT molecular complexity index is 958. The topological polar surface area (TPSA) is 78.0 Å². The number of imidazole rings is 1. The molecular weight excluding hydrogens is 388 g/mol. The maximum absolute atomic E-state index is 13.6. The van der Waals surface area contributed by atoms with E-state index in [0.717, 1.165) is 50.1 Å². The summed E-state index contributed by atoms with van der Waals surface area (Å²) in [5.41, 5.74) is 1.93. The van der Waals surface area contributed by atoms with Gasteiger partial charge < -0.3 is 14.8 Å². The number of rotatable bonds is 2. The number of aromatic amines is 1. The van der Waals surface area contributed by atoms with Crippen molar-refractivity contribution in [1.82, 2.24) is 24.8 Å². The highest BCUT2D eigenvalue weighted by Gasteiger charge is 2.51. The van der Waals surface area contributed by atoms with Crippen LogP contribution in [0.4, 0.5) is 5.82 Å². The van der Waals surface area contributed by atoms with Crippen molar-refractivity contribution in [1.29, 1.82) is 0 Å². The van der Waals surface area contributed by atoms with Gasteiger partial charge in [-0.15, -0.1) is 0 Å². The van der Waals surface area contributed by atoms with Gasteiger partial charge in [-0.1, -0.05) is 20.8 Å². The Hall–Kier alpha value is -1.89. The molecule has 2 aromatic heterocycles. The molecule has 0 unspecified atom stereocenters. The van der Waals surface area contributed by atoms with Crippen LogP contribution < -0.4 is 4.90 Å². The smallest absolute Gasteiger partial charge is 0.227 e. The highest BCUT2D eigenvalue weighted by Crippen LogP contribution is 2.52. The molecule has 8 heteroatoms. The maximum atomic E-state index is 13.6. The predicted molar refractivity (Wildman–Crippen MR) is 113 cm³/mol. The summed E-state index contributed by atoms with van der Waals surface area (Å²) in [7, 11) is 0. The van der Waals surface area contributed by atoms with Crippen molar-refractivity contribution < 1.29 is 4.79 Å². The maximum Gasteiger partial charge on any atom is 0.227 e. The third-order valence-corrected chi connectivity index (χ3v) is 7.18.